The van der Waals surface area contributed by atoms with Gasteiger partial charge in [0, 0.05) is 17.8 Å². The van der Waals surface area contributed by atoms with Gasteiger partial charge in [-0.1, -0.05) is 35.3 Å². The molecule has 3 aromatic carbocycles. The third kappa shape index (κ3) is 5.71. The van der Waals surface area contributed by atoms with Gasteiger partial charge in [0.1, 0.15) is 18.2 Å². The molecule has 7 heteroatoms. The lowest BCUT2D eigenvalue weighted by Crippen LogP contribution is -2.03. The van der Waals surface area contributed by atoms with E-state index in [-0.39, 0.29) is 12.4 Å². The lowest BCUT2D eigenvalue weighted by atomic mass is 10.2. The molecule has 30 heavy (non-hydrogen) atoms. The highest BCUT2D eigenvalue weighted by molar-refractivity contribution is 6.32. The van der Waals surface area contributed by atoms with E-state index in [1.54, 1.807) is 13.2 Å². The SMILES string of the molecule is CCOc1cc(CNc2ccc(OC)c(Cl)c2)ccc1OCc1ccc(F)cc1Cl. The molecule has 0 aromatic heterocycles. The molecule has 0 saturated carbocycles. The first-order valence-corrected chi connectivity index (χ1v) is 10.2. The quantitative estimate of drug-likeness (QED) is 0.392. The van der Waals surface area contributed by atoms with Crippen molar-refractivity contribution in [1.82, 2.24) is 0 Å². The van der Waals surface area contributed by atoms with Crippen LogP contribution in [0.2, 0.25) is 10.0 Å². The summed E-state index contributed by atoms with van der Waals surface area (Å²) in [5.74, 6) is 1.47. The van der Waals surface area contributed by atoms with E-state index in [1.807, 2.05) is 43.3 Å². The Morgan fingerprint density at radius 2 is 1.67 bits per heavy atom. The van der Waals surface area contributed by atoms with Crippen LogP contribution >= 0.6 is 23.2 Å². The van der Waals surface area contributed by atoms with Crippen LogP contribution in [0.4, 0.5) is 10.1 Å². The maximum atomic E-state index is 13.2. The molecule has 4 nitrogen and oxygen atoms in total. The van der Waals surface area contributed by atoms with Crippen LogP contribution in [0.3, 0.4) is 0 Å². The fourth-order valence-corrected chi connectivity index (χ4v) is 3.30. The molecular formula is C23H22Cl2FNO3. The van der Waals surface area contributed by atoms with Crippen LogP contribution < -0.4 is 19.5 Å². The predicted molar refractivity (Wildman–Crippen MR) is 119 cm³/mol. The van der Waals surface area contributed by atoms with Crippen LogP contribution in [0, 0.1) is 5.82 Å². The molecule has 0 atom stereocenters. The first-order chi connectivity index (χ1) is 14.5. The summed E-state index contributed by atoms with van der Waals surface area (Å²) in [5, 5.41) is 4.19. The minimum absolute atomic E-state index is 0.209. The molecule has 158 valence electrons. The van der Waals surface area contributed by atoms with Gasteiger partial charge in [-0.25, -0.2) is 4.39 Å². The van der Waals surface area contributed by atoms with Gasteiger partial charge in [0.05, 0.1) is 23.8 Å². The summed E-state index contributed by atoms with van der Waals surface area (Å²) in [4.78, 5) is 0. The van der Waals surface area contributed by atoms with Crippen molar-refractivity contribution in [3.8, 4) is 17.2 Å². The summed E-state index contributed by atoms with van der Waals surface area (Å²) in [7, 11) is 1.58. The lowest BCUT2D eigenvalue weighted by Gasteiger charge is -2.15. The topological polar surface area (TPSA) is 39.7 Å². The van der Waals surface area contributed by atoms with E-state index in [0.717, 1.165) is 11.3 Å². The fourth-order valence-electron chi connectivity index (χ4n) is 2.82. The number of hydrogen-bond acceptors (Lipinski definition) is 4. The summed E-state index contributed by atoms with van der Waals surface area (Å²) < 4.78 is 30.0. The average Bonchev–Trinajstić information content (AvgIpc) is 2.73. The Kier molecular flexibility index (Phi) is 7.66. The summed E-state index contributed by atoms with van der Waals surface area (Å²) in [6, 6.07) is 15.5. The third-order valence-electron chi connectivity index (χ3n) is 4.35. The van der Waals surface area contributed by atoms with Crippen molar-refractivity contribution in [3.05, 3.63) is 81.6 Å². The van der Waals surface area contributed by atoms with E-state index in [9.17, 15) is 4.39 Å². The largest absolute Gasteiger partial charge is 0.495 e. The minimum atomic E-state index is -0.381. The fraction of sp³-hybridized carbons (Fsp3) is 0.217. The number of hydrogen-bond donors (Lipinski definition) is 1. The van der Waals surface area contributed by atoms with Crippen molar-refractivity contribution < 1.29 is 18.6 Å². The highest BCUT2D eigenvalue weighted by Crippen LogP contribution is 2.31. The molecule has 0 aliphatic heterocycles. The zero-order valence-corrected chi connectivity index (χ0v) is 18.2. The molecule has 0 aliphatic rings. The van der Waals surface area contributed by atoms with Crippen LogP contribution in [0.1, 0.15) is 18.1 Å². The van der Waals surface area contributed by atoms with Crippen LogP contribution in [-0.2, 0) is 13.2 Å². The Balaban J connectivity index is 1.68. The van der Waals surface area contributed by atoms with Crippen LogP contribution in [0.15, 0.2) is 54.6 Å². The molecule has 0 unspecified atom stereocenters. The molecule has 0 spiro atoms. The third-order valence-corrected chi connectivity index (χ3v) is 5.00. The maximum Gasteiger partial charge on any atom is 0.161 e. The average molecular weight is 450 g/mol. The van der Waals surface area contributed by atoms with Crippen molar-refractivity contribution >= 4 is 28.9 Å². The van der Waals surface area contributed by atoms with E-state index in [1.165, 1.54) is 12.1 Å². The Morgan fingerprint density at radius 1 is 0.867 bits per heavy atom. The van der Waals surface area contributed by atoms with E-state index < -0.39 is 0 Å². The van der Waals surface area contributed by atoms with Crippen molar-refractivity contribution in [2.24, 2.45) is 0 Å². The van der Waals surface area contributed by atoms with Gasteiger partial charge >= 0.3 is 0 Å². The summed E-state index contributed by atoms with van der Waals surface area (Å²) in [6.45, 7) is 3.19. The number of halogens is 3. The molecule has 3 rings (SSSR count). The van der Waals surface area contributed by atoms with E-state index in [2.05, 4.69) is 5.32 Å². The first kappa shape index (κ1) is 22.1. The van der Waals surface area contributed by atoms with Gasteiger partial charge in [0.2, 0.25) is 0 Å². The molecule has 0 bridgehead atoms. The van der Waals surface area contributed by atoms with Gasteiger partial charge in [-0.2, -0.15) is 0 Å². The molecule has 0 aliphatic carbocycles. The van der Waals surface area contributed by atoms with Gasteiger partial charge in [-0.15, -0.1) is 0 Å². The Morgan fingerprint density at radius 3 is 2.37 bits per heavy atom. The summed E-state index contributed by atoms with van der Waals surface area (Å²) >= 11 is 12.2. The van der Waals surface area contributed by atoms with Crippen molar-refractivity contribution in [2.75, 3.05) is 19.0 Å². The molecule has 0 fully saturated rings. The molecule has 1 N–H and O–H groups in total. The minimum Gasteiger partial charge on any atom is -0.495 e. The van der Waals surface area contributed by atoms with Gasteiger partial charge in [-0.05, 0) is 55.0 Å². The van der Waals surface area contributed by atoms with Crippen molar-refractivity contribution in [1.29, 1.82) is 0 Å². The zero-order valence-electron chi connectivity index (χ0n) is 16.7. The van der Waals surface area contributed by atoms with Gasteiger partial charge in [0.25, 0.3) is 0 Å². The molecular weight excluding hydrogens is 428 g/mol. The Bertz CT molecular complexity index is 1010. The normalized spacial score (nSPS) is 10.6. The predicted octanol–water partition coefficient (Wildman–Crippen LogP) is 6.73. The molecule has 0 heterocycles. The van der Waals surface area contributed by atoms with Crippen LogP contribution in [0.25, 0.3) is 0 Å². The second kappa shape index (κ2) is 10.4. The van der Waals surface area contributed by atoms with Crippen LogP contribution in [-0.4, -0.2) is 13.7 Å². The van der Waals surface area contributed by atoms with Gasteiger partial charge < -0.3 is 19.5 Å². The number of benzene rings is 3. The number of ether oxygens (including phenoxy) is 3. The van der Waals surface area contributed by atoms with Gasteiger partial charge in [0.15, 0.2) is 11.5 Å². The summed E-state index contributed by atoms with van der Waals surface area (Å²) in [6.07, 6.45) is 0. The smallest absolute Gasteiger partial charge is 0.161 e. The monoisotopic (exact) mass is 449 g/mol. The van der Waals surface area contributed by atoms with E-state index >= 15 is 0 Å². The maximum absolute atomic E-state index is 13.2. The standard InChI is InChI=1S/C23H22Cl2FNO3/c1-3-29-23-10-15(13-27-18-7-9-21(28-2)20(25)12-18)4-8-22(23)30-14-16-5-6-17(26)11-19(16)24/h4-12,27H,3,13-14H2,1-2H3. The number of methoxy groups -OCH3 is 1. The second-order valence-electron chi connectivity index (χ2n) is 6.44. The highest BCUT2D eigenvalue weighted by Gasteiger charge is 2.10. The molecule has 0 radical (unpaired) electrons. The Labute approximate surface area is 185 Å². The summed E-state index contributed by atoms with van der Waals surface area (Å²) in [5.41, 5.74) is 2.59. The van der Waals surface area contributed by atoms with E-state index in [4.69, 9.17) is 37.4 Å². The van der Waals surface area contributed by atoms with Crippen molar-refractivity contribution in [3.63, 3.8) is 0 Å². The first-order valence-electron chi connectivity index (χ1n) is 9.40. The highest BCUT2D eigenvalue weighted by atomic mass is 35.5. The number of nitrogens with one attached hydrogen (secondary N) is 1. The molecule has 0 amide bonds. The molecule has 3 aromatic rings. The number of anilines is 1. The second-order valence-corrected chi connectivity index (χ2v) is 7.26. The van der Waals surface area contributed by atoms with E-state index in [0.29, 0.717) is 46.0 Å². The van der Waals surface area contributed by atoms with Crippen molar-refractivity contribution in [2.45, 2.75) is 20.1 Å². The Hall–Kier alpha value is -2.63. The lowest BCUT2D eigenvalue weighted by molar-refractivity contribution is 0.269. The van der Waals surface area contributed by atoms with Crippen LogP contribution in [0.5, 0.6) is 17.2 Å². The molecule has 0 saturated heterocycles. The number of rotatable bonds is 9. The van der Waals surface area contributed by atoms with Gasteiger partial charge in [-0.3, -0.25) is 0 Å². The zero-order chi connectivity index (χ0) is 21.5.